The van der Waals surface area contributed by atoms with Crippen molar-refractivity contribution in [3.05, 3.63) is 35.5 Å². The molecule has 1 aliphatic rings. The summed E-state index contributed by atoms with van der Waals surface area (Å²) >= 11 is 0. The molecule has 1 N–H and O–H groups in total. The lowest BCUT2D eigenvalue weighted by Gasteiger charge is -2.26. The van der Waals surface area contributed by atoms with Crippen LogP contribution in [0.4, 0.5) is 4.39 Å². The average Bonchev–Trinajstić information content (AvgIpc) is 2.89. The van der Waals surface area contributed by atoms with Crippen LogP contribution in [0.25, 0.3) is 11.5 Å². The van der Waals surface area contributed by atoms with Gasteiger partial charge >= 0.3 is 0 Å². The number of nitrogens with one attached hydrogen (secondary N) is 1. The number of piperazine rings is 1. The number of halogens is 1. The number of oxazole rings is 1. The highest BCUT2D eigenvalue weighted by Gasteiger charge is 2.18. The van der Waals surface area contributed by atoms with Crippen molar-refractivity contribution in [3.63, 3.8) is 0 Å². The van der Waals surface area contributed by atoms with Crippen molar-refractivity contribution in [3.8, 4) is 17.2 Å². The average molecular weight is 305 g/mol. The molecular weight excluding hydrogens is 285 g/mol. The molecule has 0 spiro atoms. The number of rotatable bonds is 4. The normalized spacial score (nSPS) is 16.0. The molecule has 0 amide bonds. The Morgan fingerprint density at radius 2 is 2.14 bits per heavy atom. The standard InChI is InChI=1S/C16H20FN3O2/c1-11-15(10-20-7-5-18-6-8-20)19-16(22-11)13-4-3-12(21-2)9-14(13)17/h3-4,9,18H,5-8,10H2,1-2H3. The Kier molecular flexibility index (Phi) is 4.40. The minimum absolute atomic E-state index is 0.322. The largest absolute Gasteiger partial charge is 0.497 e. The number of nitrogens with zero attached hydrogens (tertiary/aromatic N) is 2. The molecule has 1 aromatic heterocycles. The van der Waals surface area contributed by atoms with Gasteiger partial charge in [0.05, 0.1) is 18.4 Å². The van der Waals surface area contributed by atoms with Gasteiger partial charge < -0.3 is 14.5 Å². The molecule has 22 heavy (non-hydrogen) atoms. The van der Waals surface area contributed by atoms with Gasteiger partial charge in [-0.1, -0.05) is 0 Å². The van der Waals surface area contributed by atoms with Gasteiger partial charge in [0.25, 0.3) is 0 Å². The van der Waals surface area contributed by atoms with Crippen molar-refractivity contribution in [1.29, 1.82) is 0 Å². The van der Waals surface area contributed by atoms with E-state index in [0.29, 0.717) is 17.2 Å². The Labute approximate surface area is 129 Å². The summed E-state index contributed by atoms with van der Waals surface area (Å²) in [5, 5.41) is 3.32. The molecule has 1 saturated heterocycles. The second-order valence-electron chi connectivity index (χ2n) is 5.39. The van der Waals surface area contributed by atoms with Crippen molar-refractivity contribution < 1.29 is 13.5 Å². The zero-order valence-electron chi connectivity index (χ0n) is 12.9. The van der Waals surface area contributed by atoms with Gasteiger partial charge in [0, 0.05) is 38.8 Å². The molecule has 1 fully saturated rings. The molecule has 0 bridgehead atoms. The van der Waals surface area contributed by atoms with E-state index >= 15 is 0 Å². The number of aromatic nitrogens is 1. The zero-order valence-corrected chi connectivity index (χ0v) is 12.9. The predicted molar refractivity (Wildman–Crippen MR) is 81.3 cm³/mol. The first-order valence-corrected chi connectivity index (χ1v) is 7.40. The van der Waals surface area contributed by atoms with Gasteiger partial charge in [-0.05, 0) is 19.1 Å². The Bertz CT molecular complexity index is 651. The summed E-state index contributed by atoms with van der Waals surface area (Å²) in [4.78, 5) is 6.80. The Balaban J connectivity index is 1.82. The van der Waals surface area contributed by atoms with Crippen molar-refractivity contribution in [2.75, 3.05) is 33.3 Å². The summed E-state index contributed by atoms with van der Waals surface area (Å²) in [6.45, 7) is 6.54. The van der Waals surface area contributed by atoms with Crippen LogP contribution in [0.2, 0.25) is 0 Å². The fourth-order valence-electron chi connectivity index (χ4n) is 2.57. The molecule has 3 rings (SSSR count). The molecule has 1 aromatic carbocycles. The summed E-state index contributed by atoms with van der Waals surface area (Å²) in [6.07, 6.45) is 0. The third kappa shape index (κ3) is 3.13. The smallest absolute Gasteiger partial charge is 0.229 e. The van der Waals surface area contributed by atoms with Crippen molar-refractivity contribution in [1.82, 2.24) is 15.2 Å². The monoisotopic (exact) mass is 305 g/mol. The molecule has 0 atom stereocenters. The number of methoxy groups -OCH3 is 1. The molecular formula is C16H20FN3O2. The van der Waals surface area contributed by atoms with E-state index in [-0.39, 0.29) is 0 Å². The van der Waals surface area contributed by atoms with Crippen LogP contribution in [-0.4, -0.2) is 43.2 Å². The van der Waals surface area contributed by atoms with Crippen LogP contribution in [0.15, 0.2) is 22.6 Å². The molecule has 2 aromatic rings. The second-order valence-corrected chi connectivity index (χ2v) is 5.39. The van der Waals surface area contributed by atoms with Crippen LogP contribution >= 0.6 is 0 Å². The van der Waals surface area contributed by atoms with Gasteiger partial charge in [-0.2, -0.15) is 0 Å². The Morgan fingerprint density at radius 3 is 2.82 bits per heavy atom. The maximum atomic E-state index is 14.1. The van der Waals surface area contributed by atoms with E-state index in [4.69, 9.17) is 9.15 Å². The van der Waals surface area contributed by atoms with Crippen LogP contribution in [-0.2, 0) is 6.54 Å². The zero-order chi connectivity index (χ0) is 15.5. The quantitative estimate of drug-likeness (QED) is 0.938. The van der Waals surface area contributed by atoms with Crippen molar-refractivity contribution >= 4 is 0 Å². The summed E-state index contributed by atoms with van der Waals surface area (Å²) < 4.78 is 24.8. The summed E-state index contributed by atoms with van der Waals surface area (Å²) in [5.74, 6) is 1.14. The highest BCUT2D eigenvalue weighted by Crippen LogP contribution is 2.27. The topological polar surface area (TPSA) is 50.5 Å². The van der Waals surface area contributed by atoms with Gasteiger partial charge in [-0.25, -0.2) is 9.37 Å². The van der Waals surface area contributed by atoms with E-state index in [1.54, 1.807) is 12.1 Å². The van der Waals surface area contributed by atoms with Crippen molar-refractivity contribution in [2.24, 2.45) is 0 Å². The highest BCUT2D eigenvalue weighted by atomic mass is 19.1. The molecule has 118 valence electrons. The third-order valence-electron chi connectivity index (χ3n) is 3.88. The van der Waals surface area contributed by atoms with Crippen molar-refractivity contribution in [2.45, 2.75) is 13.5 Å². The van der Waals surface area contributed by atoms with E-state index in [0.717, 1.165) is 44.2 Å². The van der Waals surface area contributed by atoms with Crippen LogP contribution < -0.4 is 10.1 Å². The number of hydrogen-bond donors (Lipinski definition) is 1. The lowest BCUT2D eigenvalue weighted by molar-refractivity contribution is 0.230. The minimum atomic E-state index is -0.394. The fourth-order valence-corrected chi connectivity index (χ4v) is 2.57. The molecule has 5 nitrogen and oxygen atoms in total. The molecule has 6 heteroatoms. The molecule has 0 aliphatic carbocycles. The minimum Gasteiger partial charge on any atom is -0.497 e. The summed E-state index contributed by atoms with van der Waals surface area (Å²) in [5.41, 5.74) is 1.22. The van der Waals surface area contributed by atoms with Crippen LogP contribution in [0.3, 0.4) is 0 Å². The summed E-state index contributed by atoms with van der Waals surface area (Å²) in [7, 11) is 1.51. The van der Waals surface area contributed by atoms with Crippen LogP contribution in [0.5, 0.6) is 5.75 Å². The van der Waals surface area contributed by atoms with E-state index in [9.17, 15) is 4.39 Å². The van der Waals surface area contributed by atoms with E-state index in [1.807, 2.05) is 6.92 Å². The maximum Gasteiger partial charge on any atom is 0.229 e. The molecule has 2 heterocycles. The molecule has 0 saturated carbocycles. The van der Waals surface area contributed by atoms with Gasteiger partial charge in [0.1, 0.15) is 17.3 Å². The SMILES string of the molecule is COc1ccc(-c2nc(CN3CCNCC3)c(C)o2)c(F)c1. The van der Waals surface area contributed by atoms with E-state index in [2.05, 4.69) is 15.2 Å². The van der Waals surface area contributed by atoms with Crippen LogP contribution in [0.1, 0.15) is 11.5 Å². The Morgan fingerprint density at radius 1 is 1.36 bits per heavy atom. The first-order chi connectivity index (χ1) is 10.7. The number of ether oxygens (including phenoxy) is 1. The maximum absolute atomic E-state index is 14.1. The van der Waals surface area contributed by atoms with E-state index < -0.39 is 5.82 Å². The molecule has 0 radical (unpaired) electrons. The number of hydrogen-bond acceptors (Lipinski definition) is 5. The van der Waals surface area contributed by atoms with Gasteiger partial charge in [-0.15, -0.1) is 0 Å². The Hall–Kier alpha value is -1.92. The molecule has 1 aliphatic heterocycles. The fraction of sp³-hybridized carbons (Fsp3) is 0.438. The summed E-state index contributed by atoms with van der Waals surface area (Å²) in [6, 6.07) is 4.67. The van der Waals surface area contributed by atoms with Gasteiger partial charge in [0.15, 0.2) is 0 Å². The molecule has 0 unspecified atom stereocenters. The van der Waals surface area contributed by atoms with Gasteiger partial charge in [0.2, 0.25) is 5.89 Å². The first-order valence-electron chi connectivity index (χ1n) is 7.40. The van der Waals surface area contributed by atoms with E-state index in [1.165, 1.54) is 13.2 Å². The number of benzene rings is 1. The van der Waals surface area contributed by atoms with Crippen LogP contribution in [0, 0.1) is 12.7 Å². The lowest BCUT2D eigenvalue weighted by Crippen LogP contribution is -2.43. The highest BCUT2D eigenvalue weighted by molar-refractivity contribution is 5.56. The lowest BCUT2D eigenvalue weighted by atomic mass is 10.2. The number of aryl methyl sites for hydroxylation is 1. The second kappa shape index (κ2) is 6.46. The predicted octanol–water partition coefficient (Wildman–Crippen LogP) is 2.20. The third-order valence-corrected chi connectivity index (χ3v) is 3.88. The first kappa shape index (κ1) is 15.0. The van der Waals surface area contributed by atoms with Gasteiger partial charge in [-0.3, -0.25) is 4.90 Å².